The van der Waals surface area contributed by atoms with Crippen molar-refractivity contribution in [2.24, 2.45) is 0 Å². The Morgan fingerprint density at radius 2 is 1.78 bits per heavy atom. The molecule has 2 aliphatic heterocycles. The van der Waals surface area contributed by atoms with Crippen LogP contribution in [0, 0.1) is 6.92 Å². The van der Waals surface area contributed by atoms with Crippen LogP contribution in [0.5, 0.6) is 0 Å². The molecule has 2 amide bonds. The summed E-state index contributed by atoms with van der Waals surface area (Å²) in [5.74, 6) is -0.319. The first-order chi connectivity index (χ1) is 17.4. The lowest BCUT2D eigenvalue weighted by molar-refractivity contribution is 0.0600. The predicted octanol–water partition coefficient (Wildman–Crippen LogP) is 6.02. The lowest BCUT2D eigenvalue weighted by Crippen LogP contribution is -2.46. The Labute approximate surface area is 216 Å². The summed E-state index contributed by atoms with van der Waals surface area (Å²) < 4.78 is 4.79. The number of esters is 1. The number of carbonyl (C=O) groups is 2. The fourth-order valence-corrected chi connectivity index (χ4v) is 5.60. The molecule has 1 N–H and O–H groups in total. The number of urea groups is 1. The minimum atomic E-state index is -0.319. The topological polar surface area (TPSA) is 61.9 Å². The Kier molecular flexibility index (Phi) is 6.73. The van der Waals surface area contributed by atoms with Crippen LogP contribution >= 0.6 is 11.6 Å². The summed E-state index contributed by atoms with van der Waals surface area (Å²) in [4.78, 5) is 29.4. The normalized spacial score (nSPS) is 16.6. The van der Waals surface area contributed by atoms with Gasteiger partial charge < -0.3 is 10.1 Å². The van der Waals surface area contributed by atoms with Gasteiger partial charge in [0.2, 0.25) is 0 Å². The van der Waals surface area contributed by atoms with Gasteiger partial charge in [-0.2, -0.15) is 0 Å². The number of ether oxygens (including phenoxy) is 1. The molecule has 3 aromatic rings. The average Bonchev–Trinajstić information content (AvgIpc) is 3.19. The molecule has 1 fully saturated rings. The Hall–Kier alpha value is -3.35. The molecule has 0 unspecified atom stereocenters. The number of hydrogen-bond acceptors (Lipinski definition) is 4. The van der Waals surface area contributed by atoms with E-state index < -0.39 is 0 Å². The first kappa shape index (κ1) is 24.3. The van der Waals surface area contributed by atoms with Crippen LogP contribution in [0.15, 0.2) is 66.7 Å². The summed E-state index contributed by atoms with van der Waals surface area (Å²) in [7, 11) is 1.39. The van der Waals surface area contributed by atoms with Crippen molar-refractivity contribution >= 4 is 35.0 Å². The van der Waals surface area contributed by atoms with E-state index in [0.29, 0.717) is 22.8 Å². The number of likely N-dealkylation sites (tertiary alicyclic amines) is 1. The average molecular weight is 504 g/mol. The number of fused-ring (bicyclic) bond motifs is 2. The van der Waals surface area contributed by atoms with Gasteiger partial charge in [-0.05, 0) is 80.4 Å². The molecule has 6 nitrogen and oxygen atoms in total. The number of hydrogen-bond donors (Lipinski definition) is 1. The van der Waals surface area contributed by atoms with Crippen LogP contribution in [-0.4, -0.2) is 43.6 Å². The van der Waals surface area contributed by atoms with E-state index in [0.717, 1.165) is 38.2 Å². The van der Waals surface area contributed by atoms with Gasteiger partial charge >= 0.3 is 12.0 Å². The molecule has 2 heterocycles. The molecular formula is C29H30ClN3O3. The standard InChI is InChI=1S/C29H30ClN3O3/c1-20-6-11-26-25(16-20)29(19-33(26)28(35)31-24-5-3-4-23(30)17-24)12-14-32(15-13-29)18-21-7-9-22(10-8-21)27(34)36-2/h3-11,16-17H,12-15,18-19H2,1-2H3,(H,31,35). The Balaban J connectivity index is 1.30. The van der Waals surface area contributed by atoms with Crippen molar-refractivity contribution in [2.45, 2.75) is 31.7 Å². The van der Waals surface area contributed by atoms with E-state index >= 15 is 0 Å². The molecule has 0 aromatic heterocycles. The third-order valence-electron chi connectivity index (χ3n) is 7.39. The smallest absolute Gasteiger partial charge is 0.337 e. The van der Waals surface area contributed by atoms with Crippen LogP contribution in [0.25, 0.3) is 0 Å². The third-order valence-corrected chi connectivity index (χ3v) is 7.63. The number of carbonyl (C=O) groups excluding carboxylic acids is 2. The molecule has 1 spiro atoms. The van der Waals surface area contributed by atoms with E-state index in [1.54, 1.807) is 12.1 Å². The number of benzene rings is 3. The highest BCUT2D eigenvalue weighted by Gasteiger charge is 2.46. The molecule has 0 radical (unpaired) electrons. The maximum absolute atomic E-state index is 13.3. The molecule has 2 aliphatic rings. The zero-order chi connectivity index (χ0) is 25.3. The quantitative estimate of drug-likeness (QED) is 0.442. The summed E-state index contributed by atoms with van der Waals surface area (Å²) in [5.41, 5.74) is 5.83. The third kappa shape index (κ3) is 4.84. The van der Waals surface area contributed by atoms with E-state index in [9.17, 15) is 9.59 Å². The van der Waals surface area contributed by atoms with Gasteiger partial charge in [0, 0.05) is 34.9 Å². The Bertz CT molecular complexity index is 1280. The maximum Gasteiger partial charge on any atom is 0.337 e. The van der Waals surface area contributed by atoms with Crippen molar-refractivity contribution in [2.75, 3.05) is 37.0 Å². The number of methoxy groups -OCH3 is 1. The second-order valence-electron chi connectivity index (χ2n) is 9.79. The number of amides is 2. The van der Waals surface area contributed by atoms with Crippen LogP contribution in [0.1, 0.15) is 39.9 Å². The number of nitrogens with one attached hydrogen (secondary N) is 1. The van der Waals surface area contributed by atoms with Gasteiger partial charge in [0.05, 0.1) is 12.7 Å². The van der Waals surface area contributed by atoms with Crippen LogP contribution in [0.3, 0.4) is 0 Å². The van der Waals surface area contributed by atoms with Crippen molar-refractivity contribution in [3.8, 4) is 0 Å². The molecule has 36 heavy (non-hydrogen) atoms. The molecular weight excluding hydrogens is 474 g/mol. The second-order valence-corrected chi connectivity index (χ2v) is 10.2. The van der Waals surface area contributed by atoms with Crippen LogP contribution in [0.4, 0.5) is 16.2 Å². The SMILES string of the molecule is COC(=O)c1ccc(CN2CCC3(CC2)CN(C(=O)Nc2cccc(Cl)c2)c2ccc(C)cc23)cc1. The van der Waals surface area contributed by atoms with Gasteiger partial charge in [-0.1, -0.05) is 47.5 Å². The van der Waals surface area contributed by atoms with E-state index in [1.165, 1.54) is 23.8 Å². The van der Waals surface area contributed by atoms with Gasteiger partial charge in [-0.15, -0.1) is 0 Å². The largest absolute Gasteiger partial charge is 0.465 e. The number of rotatable bonds is 4. The summed E-state index contributed by atoms with van der Waals surface area (Å²) in [6.07, 6.45) is 1.95. The summed E-state index contributed by atoms with van der Waals surface area (Å²) >= 11 is 6.11. The lowest BCUT2D eigenvalue weighted by atomic mass is 9.74. The molecule has 7 heteroatoms. The zero-order valence-electron chi connectivity index (χ0n) is 20.6. The first-order valence-electron chi connectivity index (χ1n) is 12.2. The predicted molar refractivity (Wildman–Crippen MR) is 143 cm³/mol. The number of aryl methyl sites for hydroxylation is 1. The second kappa shape index (κ2) is 9.96. The molecule has 5 rings (SSSR count). The van der Waals surface area contributed by atoms with Gasteiger partial charge in [0.1, 0.15) is 0 Å². The van der Waals surface area contributed by atoms with Gasteiger partial charge in [0.15, 0.2) is 0 Å². The molecule has 0 bridgehead atoms. The Morgan fingerprint density at radius 3 is 2.47 bits per heavy atom. The van der Waals surface area contributed by atoms with E-state index in [2.05, 4.69) is 35.3 Å². The highest BCUT2D eigenvalue weighted by Crippen LogP contribution is 2.47. The monoisotopic (exact) mass is 503 g/mol. The van der Waals surface area contributed by atoms with Crippen molar-refractivity contribution in [3.63, 3.8) is 0 Å². The molecule has 0 aliphatic carbocycles. The minimum absolute atomic E-state index is 0.0573. The minimum Gasteiger partial charge on any atom is -0.465 e. The summed E-state index contributed by atoms with van der Waals surface area (Å²) in [6, 6.07) is 21.1. The van der Waals surface area contributed by atoms with Crippen molar-refractivity contribution in [1.29, 1.82) is 0 Å². The highest BCUT2D eigenvalue weighted by atomic mass is 35.5. The molecule has 186 valence electrons. The fraction of sp³-hybridized carbons (Fsp3) is 0.310. The number of piperidine rings is 1. The van der Waals surface area contributed by atoms with Gasteiger partial charge in [0.25, 0.3) is 0 Å². The first-order valence-corrected chi connectivity index (χ1v) is 12.6. The van der Waals surface area contributed by atoms with E-state index in [1.807, 2.05) is 41.3 Å². The van der Waals surface area contributed by atoms with Crippen LogP contribution < -0.4 is 10.2 Å². The zero-order valence-corrected chi connectivity index (χ0v) is 21.3. The summed E-state index contributed by atoms with van der Waals surface area (Å²) in [6.45, 7) is 5.48. The van der Waals surface area contributed by atoms with E-state index in [-0.39, 0.29) is 17.4 Å². The number of halogens is 1. The number of nitrogens with zero attached hydrogens (tertiary/aromatic N) is 2. The van der Waals surface area contributed by atoms with E-state index in [4.69, 9.17) is 16.3 Å². The Morgan fingerprint density at radius 1 is 1.03 bits per heavy atom. The van der Waals surface area contributed by atoms with Gasteiger partial charge in [-0.25, -0.2) is 9.59 Å². The van der Waals surface area contributed by atoms with Crippen molar-refractivity contribution in [1.82, 2.24) is 4.90 Å². The fourth-order valence-electron chi connectivity index (χ4n) is 5.41. The van der Waals surface area contributed by atoms with Crippen molar-refractivity contribution in [3.05, 3.63) is 94.0 Å². The molecule has 3 aromatic carbocycles. The van der Waals surface area contributed by atoms with Crippen molar-refractivity contribution < 1.29 is 14.3 Å². The summed E-state index contributed by atoms with van der Waals surface area (Å²) in [5, 5.41) is 3.61. The van der Waals surface area contributed by atoms with Crippen LogP contribution in [0.2, 0.25) is 5.02 Å². The molecule has 0 atom stereocenters. The highest BCUT2D eigenvalue weighted by molar-refractivity contribution is 6.30. The molecule has 0 saturated carbocycles. The number of anilines is 2. The van der Waals surface area contributed by atoms with Crippen LogP contribution in [-0.2, 0) is 16.7 Å². The van der Waals surface area contributed by atoms with Gasteiger partial charge in [-0.3, -0.25) is 9.80 Å². The lowest BCUT2D eigenvalue weighted by Gasteiger charge is -2.40. The molecule has 1 saturated heterocycles. The maximum atomic E-state index is 13.3.